The SMILES string of the molecule is COc1ccc(OC)c(C=Cc2ccc(N3C(=O)[C@H]4[C@H](CC=C5[C@H]4C[C@@]4(Cl)C(=O)N(CBr)C(=O)[C@@]4(Cl)[C@H]5c4cc(C)c(O)c(C)c4)C3=O)cc2)c1. The lowest BCUT2D eigenvalue weighted by molar-refractivity contribution is -0.138. The molecule has 12 heteroatoms. The summed E-state index contributed by atoms with van der Waals surface area (Å²) in [6.45, 7) is 3.49. The van der Waals surface area contributed by atoms with E-state index < -0.39 is 51.1 Å². The lowest BCUT2D eigenvalue weighted by Gasteiger charge is -2.51. The van der Waals surface area contributed by atoms with Gasteiger partial charge in [-0.3, -0.25) is 29.0 Å². The first-order chi connectivity index (χ1) is 24.3. The molecule has 7 rings (SSSR count). The molecular formula is C39H35BrCl2N2O7. The quantitative estimate of drug-likeness (QED) is 0.0892. The Kier molecular flexibility index (Phi) is 8.88. The Morgan fingerprint density at radius 3 is 2.22 bits per heavy atom. The molecule has 2 aliphatic heterocycles. The summed E-state index contributed by atoms with van der Waals surface area (Å²) in [6, 6.07) is 16.1. The molecule has 0 bridgehead atoms. The summed E-state index contributed by atoms with van der Waals surface area (Å²) < 4.78 is 10.8. The van der Waals surface area contributed by atoms with Gasteiger partial charge in [-0.1, -0.05) is 64.0 Å². The van der Waals surface area contributed by atoms with Crippen LogP contribution in [0, 0.1) is 31.6 Å². The molecule has 1 N–H and O–H groups in total. The number of rotatable bonds is 7. The van der Waals surface area contributed by atoms with Crippen molar-refractivity contribution in [3.05, 3.63) is 94.1 Å². The van der Waals surface area contributed by atoms with Crippen molar-refractivity contribution in [1.29, 1.82) is 0 Å². The van der Waals surface area contributed by atoms with Crippen molar-refractivity contribution < 1.29 is 33.8 Å². The molecule has 3 fully saturated rings. The molecule has 2 aliphatic carbocycles. The van der Waals surface area contributed by atoms with E-state index >= 15 is 0 Å². The number of hydrogen-bond acceptors (Lipinski definition) is 7. The molecule has 264 valence electrons. The van der Waals surface area contributed by atoms with E-state index in [9.17, 15) is 24.3 Å². The lowest BCUT2D eigenvalue weighted by atomic mass is 9.56. The van der Waals surface area contributed by atoms with E-state index in [0.29, 0.717) is 39.4 Å². The van der Waals surface area contributed by atoms with Crippen LogP contribution < -0.4 is 14.4 Å². The number of benzene rings is 3. The number of aromatic hydroxyl groups is 1. The van der Waals surface area contributed by atoms with Crippen LogP contribution in [0.3, 0.4) is 0 Å². The van der Waals surface area contributed by atoms with Gasteiger partial charge in [0.1, 0.15) is 17.2 Å². The number of imide groups is 2. The third kappa shape index (κ3) is 5.16. The Morgan fingerprint density at radius 1 is 0.902 bits per heavy atom. The van der Waals surface area contributed by atoms with Gasteiger partial charge in [0.05, 0.1) is 37.2 Å². The minimum Gasteiger partial charge on any atom is -0.507 e. The number of halogens is 3. The van der Waals surface area contributed by atoms with Gasteiger partial charge in [-0.15, -0.1) is 23.2 Å². The molecule has 9 nitrogen and oxygen atoms in total. The molecule has 3 aromatic carbocycles. The molecule has 6 atom stereocenters. The third-order valence-corrected chi connectivity index (χ3v) is 12.8. The van der Waals surface area contributed by atoms with Gasteiger partial charge in [0.2, 0.25) is 11.8 Å². The maximum absolute atomic E-state index is 14.4. The van der Waals surface area contributed by atoms with E-state index in [2.05, 4.69) is 15.9 Å². The number of hydrogen-bond donors (Lipinski definition) is 1. The summed E-state index contributed by atoms with van der Waals surface area (Å²) in [6.07, 6.45) is 5.84. The number of amides is 4. The van der Waals surface area contributed by atoms with E-state index in [1.807, 2.05) is 48.6 Å². The maximum Gasteiger partial charge on any atom is 0.254 e. The maximum atomic E-state index is 14.4. The van der Waals surface area contributed by atoms with Crippen LogP contribution >= 0.6 is 39.1 Å². The number of anilines is 1. The number of carbonyl (C=O) groups is 4. The van der Waals surface area contributed by atoms with Crippen LogP contribution in [-0.2, 0) is 19.2 Å². The smallest absolute Gasteiger partial charge is 0.254 e. The van der Waals surface area contributed by atoms with Crippen molar-refractivity contribution in [1.82, 2.24) is 4.90 Å². The summed E-state index contributed by atoms with van der Waals surface area (Å²) in [5, 5.41) is 10.6. The van der Waals surface area contributed by atoms with Crippen LogP contribution in [0.15, 0.2) is 66.2 Å². The normalized spacial score (nSPS) is 28.6. The minimum absolute atomic E-state index is 0.101. The zero-order chi connectivity index (χ0) is 36.6. The Bertz CT molecular complexity index is 2040. The monoisotopic (exact) mass is 792 g/mol. The molecule has 4 amide bonds. The molecule has 0 aromatic heterocycles. The average molecular weight is 795 g/mol. The Hall–Kier alpha value is -4.12. The van der Waals surface area contributed by atoms with Crippen molar-refractivity contribution in [2.75, 3.05) is 24.6 Å². The highest BCUT2D eigenvalue weighted by molar-refractivity contribution is 9.09. The summed E-state index contributed by atoms with van der Waals surface area (Å²) >= 11 is 17.9. The fraction of sp³-hybridized carbons (Fsp3) is 0.333. The van der Waals surface area contributed by atoms with Gasteiger partial charge in [-0.05, 0) is 85.2 Å². The second kappa shape index (κ2) is 12.8. The van der Waals surface area contributed by atoms with Gasteiger partial charge in [0.25, 0.3) is 11.8 Å². The number of alkyl halides is 3. The number of fused-ring (bicyclic) bond motifs is 4. The molecule has 3 aromatic rings. The molecule has 0 radical (unpaired) electrons. The third-order valence-electron chi connectivity index (χ3n) is 10.9. The largest absolute Gasteiger partial charge is 0.507 e. The second-order valence-electron chi connectivity index (χ2n) is 13.5. The van der Waals surface area contributed by atoms with Crippen molar-refractivity contribution >= 4 is 80.6 Å². The number of allylic oxidation sites excluding steroid dienone is 2. The molecule has 4 aliphatic rings. The van der Waals surface area contributed by atoms with E-state index in [0.717, 1.165) is 16.0 Å². The molecule has 2 saturated heterocycles. The van der Waals surface area contributed by atoms with Gasteiger partial charge in [-0.25, -0.2) is 0 Å². The van der Waals surface area contributed by atoms with Crippen LogP contribution in [0.1, 0.15) is 46.6 Å². The zero-order valence-corrected chi connectivity index (χ0v) is 31.4. The zero-order valence-electron chi connectivity index (χ0n) is 28.3. The molecule has 0 spiro atoms. The number of nitrogens with zero attached hydrogens (tertiary/aromatic N) is 2. The Morgan fingerprint density at radius 2 is 1.59 bits per heavy atom. The number of ether oxygens (including phenoxy) is 2. The second-order valence-corrected chi connectivity index (χ2v) is 15.3. The number of carbonyl (C=O) groups excluding carboxylic acids is 4. The Balaban J connectivity index is 1.24. The lowest BCUT2D eigenvalue weighted by Crippen LogP contribution is -2.60. The first-order valence-electron chi connectivity index (χ1n) is 16.5. The average Bonchev–Trinajstić information content (AvgIpc) is 3.46. The van der Waals surface area contributed by atoms with Gasteiger partial charge in [0, 0.05) is 11.5 Å². The molecule has 2 heterocycles. The number of aryl methyl sites for hydroxylation is 2. The first-order valence-corrected chi connectivity index (χ1v) is 18.4. The van der Waals surface area contributed by atoms with Crippen molar-refractivity contribution in [2.45, 2.75) is 42.4 Å². The molecular weight excluding hydrogens is 759 g/mol. The Labute approximate surface area is 313 Å². The van der Waals surface area contributed by atoms with Crippen LogP contribution in [0.25, 0.3) is 12.2 Å². The van der Waals surface area contributed by atoms with E-state index in [1.165, 1.54) is 4.90 Å². The van der Waals surface area contributed by atoms with Crippen LogP contribution in [0.5, 0.6) is 17.2 Å². The van der Waals surface area contributed by atoms with Crippen molar-refractivity contribution in [3.8, 4) is 17.2 Å². The predicted octanol–water partition coefficient (Wildman–Crippen LogP) is 7.11. The van der Waals surface area contributed by atoms with Gasteiger partial charge in [-0.2, -0.15) is 0 Å². The standard InChI is InChI=1S/C39H35BrCl2N2O7/c1-20-15-24(16-21(2)33(20)45)32-27-12-13-28-31(29(27)18-38(41)36(48)43(19-40)37(49)39(32,38)42)35(47)44(34(28)46)25-9-6-22(7-10-25)5-8-23-17-26(50-3)11-14-30(23)51-4/h5-12,14-17,28-29,31-32,45H,13,18-19H2,1-4H3/t28-,29+,31-,32-,38+,39-/m0/s1. The number of methoxy groups -OCH3 is 2. The minimum atomic E-state index is -1.91. The first kappa shape index (κ1) is 35.3. The van der Waals surface area contributed by atoms with Crippen molar-refractivity contribution in [2.24, 2.45) is 17.8 Å². The number of phenolic OH excluding ortho intramolecular Hbond substituents is 1. The summed E-state index contributed by atoms with van der Waals surface area (Å²) in [4.78, 5) is 54.9. The van der Waals surface area contributed by atoms with Crippen LogP contribution in [0.2, 0.25) is 0 Å². The van der Waals surface area contributed by atoms with Gasteiger partial charge < -0.3 is 14.6 Å². The fourth-order valence-electron chi connectivity index (χ4n) is 8.43. The summed E-state index contributed by atoms with van der Waals surface area (Å²) in [5.41, 5.74) is 4.40. The van der Waals surface area contributed by atoms with E-state index in [4.69, 9.17) is 32.7 Å². The van der Waals surface area contributed by atoms with Crippen LogP contribution in [-0.4, -0.2) is 63.1 Å². The fourth-order valence-corrected chi connectivity index (χ4v) is 9.85. The summed E-state index contributed by atoms with van der Waals surface area (Å²) in [7, 11) is 3.19. The molecule has 51 heavy (non-hydrogen) atoms. The van der Waals surface area contributed by atoms with E-state index in [1.54, 1.807) is 52.3 Å². The highest BCUT2D eigenvalue weighted by atomic mass is 79.9. The summed E-state index contributed by atoms with van der Waals surface area (Å²) in [5.74, 6) is -3.59. The highest BCUT2D eigenvalue weighted by Gasteiger charge is 2.76. The van der Waals surface area contributed by atoms with Gasteiger partial charge in [0.15, 0.2) is 9.75 Å². The predicted molar refractivity (Wildman–Crippen MR) is 198 cm³/mol. The molecule has 1 saturated carbocycles. The van der Waals surface area contributed by atoms with Crippen molar-refractivity contribution in [3.63, 3.8) is 0 Å². The molecule has 0 unspecified atom stereocenters. The topological polar surface area (TPSA) is 113 Å². The van der Waals surface area contributed by atoms with E-state index in [-0.39, 0.29) is 30.0 Å². The van der Waals surface area contributed by atoms with Gasteiger partial charge >= 0.3 is 0 Å². The number of phenols is 1. The number of likely N-dealkylation sites (tertiary alicyclic amines) is 1. The highest BCUT2D eigenvalue weighted by Crippen LogP contribution is 2.65. The van der Waals surface area contributed by atoms with Crippen LogP contribution in [0.4, 0.5) is 5.69 Å².